The summed E-state index contributed by atoms with van der Waals surface area (Å²) in [6, 6.07) is 17.1. The van der Waals surface area contributed by atoms with Crippen LogP contribution in [0, 0.1) is 0 Å². The molecule has 1 heterocycles. The Morgan fingerprint density at radius 1 is 0.714 bits per heavy atom. The van der Waals surface area contributed by atoms with E-state index in [0.717, 1.165) is 0 Å². The largest absolute Gasteiger partial charge is 0.0910 e. The molecule has 0 saturated carbocycles. The molecule has 0 radical (unpaired) electrons. The predicted octanol–water partition coefficient (Wildman–Crippen LogP) is 2.29. The topological polar surface area (TPSA) is 0 Å². The number of rotatable bonds is 0. The second kappa shape index (κ2) is 3.05. The lowest BCUT2D eigenvalue weighted by Gasteiger charge is -1.97. The van der Waals surface area contributed by atoms with Crippen LogP contribution in [0.4, 0.5) is 0 Å². The van der Waals surface area contributed by atoms with Crippen LogP contribution < -0.4 is 10.6 Å². The molecule has 0 nitrogen and oxygen atoms in total. The maximum Gasteiger partial charge on any atom is -0.000377 e. The lowest BCUT2D eigenvalue weighted by molar-refractivity contribution is 1.71. The molecule has 0 aromatic heterocycles. The molecule has 0 N–H and O–H groups in total. The lowest BCUT2D eigenvalue weighted by Crippen LogP contribution is -1.96. The zero-order chi connectivity index (χ0) is 9.54. The third-order valence-corrected chi connectivity index (χ3v) is 5.80. The molecule has 0 saturated heterocycles. The molecule has 3 rings (SSSR count). The van der Waals surface area contributed by atoms with Gasteiger partial charge in [-0.3, -0.25) is 0 Å². The Morgan fingerprint density at radius 3 is 1.64 bits per heavy atom. The van der Waals surface area contributed by atoms with Gasteiger partial charge in [-0.15, -0.1) is 0 Å². The summed E-state index contributed by atoms with van der Waals surface area (Å²) < 4.78 is 0. The fourth-order valence-corrected chi connectivity index (χ4v) is 4.76. The van der Waals surface area contributed by atoms with Crippen molar-refractivity contribution >= 4 is 29.1 Å². The van der Waals surface area contributed by atoms with Crippen LogP contribution in [-0.2, 0) is 11.8 Å². The molecule has 1 aliphatic rings. The highest BCUT2D eigenvalue weighted by Gasteiger charge is 2.20. The highest BCUT2D eigenvalue weighted by molar-refractivity contribution is 8.12. The van der Waals surface area contributed by atoms with Crippen LogP contribution in [0.3, 0.4) is 0 Å². The molecule has 0 amide bonds. The molecule has 68 valence electrons. The minimum Gasteiger partial charge on any atom is -0.0910 e. The molecule has 0 spiro atoms. The van der Waals surface area contributed by atoms with Crippen molar-refractivity contribution in [2.75, 3.05) is 0 Å². The van der Waals surface area contributed by atoms with Crippen LogP contribution in [0.2, 0.25) is 0 Å². The van der Waals surface area contributed by atoms with Gasteiger partial charge in [0.15, 0.2) is 0 Å². The molecule has 2 aromatic rings. The summed E-state index contributed by atoms with van der Waals surface area (Å²) in [5.74, 6) is 0. The van der Waals surface area contributed by atoms with Crippen molar-refractivity contribution in [1.29, 1.82) is 0 Å². The van der Waals surface area contributed by atoms with E-state index in [2.05, 4.69) is 48.5 Å². The Kier molecular flexibility index (Phi) is 1.83. The molecule has 2 aromatic carbocycles. The minimum absolute atomic E-state index is 0.887. The van der Waals surface area contributed by atoms with Crippen molar-refractivity contribution in [2.45, 2.75) is 0 Å². The van der Waals surface area contributed by atoms with Crippen LogP contribution in [-0.4, -0.2) is 0 Å². The minimum atomic E-state index is -0.887. The van der Waals surface area contributed by atoms with E-state index in [9.17, 15) is 0 Å². The lowest BCUT2D eigenvalue weighted by atomic mass is 10.1. The summed E-state index contributed by atoms with van der Waals surface area (Å²) in [5.41, 5.74) is 2.71. The van der Waals surface area contributed by atoms with E-state index in [4.69, 9.17) is 11.8 Å². The van der Waals surface area contributed by atoms with Gasteiger partial charge in [0, 0.05) is 0 Å². The molecule has 0 fully saturated rings. The fourth-order valence-electron chi connectivity index (χ4n) is 1.98. The Balaban J connectivity index is 2.42. The van der Waals surface area contributed by atoms with Gasteiger partial charge in [0.1, 0.15) is 0 Å². The first-order valence-electron chi connectivity index (χ1n) is 4.61. The molecule has 0 aliphatic carbocycles. The van der Waals surface area contributed by atoms with Crippen molar-refractivity contribution in [3.63, 3.8) is 0 Å². The van der Waals surface area contributed by atoms with Gasteiger partial charge in [0.2, 0.25) is 0 Å². The second-order valence-corrected chi connectivity index (χ2v) is 6.38. The molecule has 2 heteroatoms. The van der Waals surface area contributed by atoms with Gasteiger partial charge in [0.05, 0.1) is 0 Å². The Hall–Kier alpha value is -0.910. The molecule has 0 bridgehead atoms. The van der Waals surface area contributed by atoms with E-state index < -0.39 is 6.70 Å². The number of hydrogen-bond acceptors (Lipinski definition) is 1. The number of fused-ring (bicyclic) bond motifs is 3. The van der Waals surface area contributed by atoms with Crippen molar-refractivity contribution in [3.05, 3.63) is 48.5 Å². The van der Waals surface area contributed by atoms with Crippen LogP contribution in [0.1, 0.15) is 0 Å². The number of benzene rings is 2. The molecule has 0 atom stereocenters. The Bertz CT molecular complexity index is 484. The van der Waals surface area contributed by atoms with Crippen molar-refractivity contribution in [1.82, 2.24) is 0 Å². The standard InChI is InChI=1S/C12H9PS/c14-13-11-7-3-1-5-9(11)10-6-2-4-8-12(10)13/h1-8,13H. The van der Waals surface area contributed by atoms with Gasteiger partial charge in [-0.2, -0.15) is 0 Å². The van der Waals surface area contributed by atoms with E-state index in [1.165, 1.54) is 21.7 Å². The summed E-state index contributed by atoms with van der Waals surface area (Å²) in [5, 5.41) is 2.77. The van der Waals surface area contributed by atoms with E-state index >= 15 is 0 Å². The first kappa shape index (κ1) is 8.40. The molecule has 1 aliphatic heterocycles. The molecule has 14 heavy (non-hydrogen) atoms. The Morgan fingerprint density at radius 2 is 1.14 bits per heavy atom. The molecular weight excluding hydrogens is 207 g/mol. The monoisotopic (exact) mass is 216 g/mol. The van der Waals surface area contributed by atoms with E-state index in [0.29, 0.717) is 0 Å². The van der Waals surface area contributed by atoms with Crippen LogP contribution >= 0.6 is 6.70 Å². The SMILES string of the molecule is S=[PH]1c2ccccc2-c2ccccc21. The van der Waals surface area contributed by atoms with Gasteiger partial charge in [-0.25, -0.2) is 0 Å². The summed E-state index contributed by atoms with van der Waals surface area (Å²) >= 11 is 5.61. The second-order valence-electron chi connectivity index (χ2n) is 3.42. The normalized spacial score (nSPS) is 13.7. The van der Waals surface area contributed by atoms with Gasteiger partial charge in [0.25, 0.3) is 0 Å². The average Bonchev–Trinajstić information content (AvgIpc) is 2.55. The summed E-state index contributed by atoms with van der Waals surface area (Å²) in [4.78, 5) is 0. The van der Waals surface area contributed by atoms with Gasteiger partial charge in [-0.05, 0) is 28.4 Å². The highest BCUT2D eigenvalue weighted by atomic mass is 32.4. The van der Waals surface area contributed by atoms with Crippen molar-refractivity contribution in [3.8, 4) is 11.1 Å². The zero-order valence-corrected chi connectivity index (χ0v) is 9.34. The Labute approximate surface area is 89.0 Å². The predicted molar refractivity (Wildman–Crippen MR) is 66.8 cm³/mol. The van der Waals surface area contributed by atoms with Gasteiger partial charge < -0.3 is 0 Å². The maximum absolute atomic E-state index is 5.61. The summed E-state index contributed by atoms with van der Waals surface area (Å²) in [6.07, 6.45) is 0. The van der Waals surface area contributed by atoms with Crippen LogP contribution in [0.15, 0.2) is 48.5 Å². The third-order valence-electron chi connectivity index (χ3n) is 2.63. The third kappa shape index (κ3) is 1.03. The summed E-state index contributed by atoms with van der Waals surface area (Å²) in [6.45, 7) is -0.887. The highest BCUT2D eigenvalue weighted by Crippen LogP contribution is 2.36. The molecule has 0 unspecified atom stereocenters. The van der Waals surface area contributed by atoms with Crippen LogP contribution in [0.5, 0.6) is 0 Å². The van der Waals surface area contributed by atoms with Crippen LogP contribution in [0.25, 0.3) is 11.1 Å². The average molecular weight is 216 g/mol. The van der Waals surface area contributed by atoms with Gasteiger partial charge in [-0.1, -0.05) is 60.3 Å². The first-order chi connectivity index (χ1) is 6.88. The zero-order valence-electron chi connectivity index (χ0n) is 7.53. The smallest absolute Gasteiger partial charge is 0.000377 e. The van der Waals surface area contributed by atoms with E-state index in [-0.39, 0.29) is 0 Å². The molecular formula is C12H9PS. The summed E-state index contributed by atoms with van der Waals surface area (Å²) in [7, 11) is 0. The first-order valence-corrected chi connectivity index (χ1v) is 7.24. The fraction of sp³-hybridized carbons (Fsp3) is 0. The van der Waals surface area contributed by atoms with Crippen molar-refractivity contribution in [2.24, 2.45) is 0 Å². The van der Waals surface area contributed by atoms with E-state index in [1.54, 1.807) is 0 Å². The number of hydrogen-bond donors (Lipinski definition) is 0. The maximum atomic E-state index is 5.61. The quantitative estimate of drug-likeness (QED) is 0.519. The van der Waals surface area contributed by atoms with Crippen molar-refractivity contribution < 1.29 is 0 Å². The van der Waals surface area contributed by atoms with Gasteiger partial charge >= 0.3 is 0 Å². The van der Waals surface area contributed by atoms with E-state index in [1.807, 2.05) is 0 Å².